The number of halogens is 3. The summed E-state index contributed by atoms with van der Waals surface area (Å²) in [6.07, 6.45) is -3.18. The molecule has 0 saturated carbocycles. The van der Waals surface area contributed by atoms with Gasteiger partial charge in [-0.2, -0.15) is 13.2 Å². The SMILES string of the molecule is CC.Cc1ccccc1COc1ncccc1C(F)(F)F. The first-order chi connectivity index (χ1) is 9.98. The molecule has 1 aromatic heterocycles. The van der Waals surface area contributed by atoms with E-state index in [4.69, 9.17) is 4.74 Å². The van der Waals surface area contributed by atoms with Crippen LogP contribution in [0.2, 0.25) is 0 Å². The molecular formula is C16H18F3NO. The number of rotatable bonds is 3. The largest absolute Gasteiger partial charge is 0.472 e. The van der Waals surface area contributed by atoms with Crippen molar-refractivity contribution >= 4 is 0 Å². The molecule has 0 saturated heterocycles. The van der Waals surface area contributed by atoms with E-state index in [9.17, 15) is 13.2 Å². The summed E-state index contributed by atoms with van der Waals surface area (Å²) in [5, 5.41) is 0. The highest BCUT2D eigenvalue weighted by Crippen LogP contribution is 2.34. The Morgan fingerprint density at radius 1 is 1.05 bits per heavy atom. The summed E-state index contributed by atoms with van der Waals surface area (Å²) in [6.45, 7) is 5.94. The minimum absolute atomic E-state index is 0.0623. The zero-order valence-corrected chi connectivity index (χ0v) is 12.2. The minimum atomic E-state index is -4.46. The number of aryl methyl sites for hydroxylation is 1. The van der Waals surface area contributed by atoms with Gasteiger partial charge in [0.2, 0.25) is 5.88 Å². The number of benzene rings is 1. The molecule has 0 unspecified atom stereocenters. The number of pyridine rings is 1. The molecule has 2 rings (SSSR count). The Hall–Kier alpha value is -2.04. The van der Waals surface area contributed by atoms with Crippen LogP contribution in [0, 0.1) is 6.92 Å². The second-order valence-corrected chi connectivity index (χ2v) is 4.07. The molecule has 0 spiro atoms. The lowest BCUT2D eigenvalue weighted by atomic mass is 10.1. The average Bonchev–Trinajstić information content (AvgIpc) is 2.48. The van der Waals surface area contributed by atoms with Gasteiger partial charge in [-0.3, -0.25) is 0 Å². The highest BCUT2D eigenvalue weighted by molar-refractivity contribution is 5.30. The highest BCUT2D eigenvalue weighted by atomic mass is 19.4. The second kappa shape index (κ2) is 7.67. The molecule has 0 aliphatic heterocycles. The van der Waals surface area contributed by atoms with Crippen LogP contribution >= 0.6 is 0 Å². The molecule has 5 heteroatoms. The van der Waals surface area contributed by atoms with E-state index >= 15 is 0 Å². The van der Waals surface area contributed by atoms with Gasteiger partial charge >= 0.3 is 6.18 Å². The van der Waals surface area contributed by atoms with E-state index in [-0.39, 0.29) is 6.61 Å². The Balaban J connectivity index is 0.00000106. The Labute approximate surface area is 122 Å². The summed E-state index contributed by atoms with van der Waals surface area (Å²) in [5.41, 5.74) is 0.942. The molecule has 0 amide bonds. The molecule has 0 aliphatic rings. The lowest BCUT2D eigenvalue weighted by Crippen LogP contribution is -2.10. The standard InChI is InChI=1S/C14H12F3NO.C2H6/c1-10-5-2-3-6-11(10)9-19-13-12(14(15,16)17)7-4-8-18-13;1-2/h2-8H,9H2,1H3;1-2H3. The number of aromatic nitrogens is 1. The number of ether oxygens (including phenoxy) is 1. The van der Waals surface area contributed by atoms with Crippen molar-refractivity contribution in [2.24, 2.45) is 0 Å². The van der Waals surface area contributed by atoms with E-state index in [0.29, 0.717) is 0 Å². The van der Waals surface area contributed by atoms with E-state index in [1.165, 1.54) is 12.3 Å². The number of hydrogen-bond acceptors (Lipinski definition) is 2. The highest BCUT2D eigenvalue weighted by Gasteiger charge is 2.35. The molecule has 0 radical (unpaired) electrons. The lowest BCUT2D eigenvalue weighted by Gasteiger charge is -2.13. The summed E-state index contributed by atoms with van der Waals surface area (Å²) in [6, 6.07) is 9.56. The van der Waals surface area contributed by atoms with Crippen molar-refractivity contribution in [3.8, 4) is 5.88 Å². The van der Waals surface area contributed by atoms with E-state index in [1.807, 2.05) is 45.0 Å². The fraction of sp³-hybridized carbons (Fsp3) is 0.312. The van der Waals surface area contributed by atoms with Crippen LogP contribution in [0.25, 0.3) is 0 Å². The van der Waals surface area contributed by atoms with Gasteiger partial charge in [0.25, 0.3) is 0 Å². The van der Waals surface area contributed by atoms with Gasteiger partial charge < -0.3 is 4.74 Å². The summed E-state index contributed by atoms with van der Waals surface area (Å²) < 4.78 is 43.4. The average molecular weight is 297 g/mol. The first-order valence-electron chi connectivity index (χ1n) is 6.68. The number of nitrogens with zero attached hydrogens (tertiary/aromatic N) is 1. The van der Waals surface area contributed by atoms with Gasteiger partial charge in [-0.25, -0.2) is 4.98 Å². The van der Waals surface area contributed by atoms with Crippen LogP contribution in [-0.4, -0.2) is 4.98 Å². The maximum Gasteiger partial charge on any atom is 0.421 e. The summed E-state index contributed by atoms with van der Waals surface area (Å²) in [7, 11) is 0. The molecule has 1 aromatic carbocycles. The first kappa shape index (κ1) is 17.0. The van der Waals surface area contributed by atoms with Crippen molar-refractivity contribution in [1.82, 2.24) is 4.98 Å². The van der Waals surface area contributed by atoms with E-state index in [1.54, 1.807) is 0 Å². The fourth-order valence-corrected chi connectivity index (χ4v) is 1.64. The van der Waals surface area contributed by atoms with Gasteiger partial charge in [0.15, 0.2) is 0 Å². The summed E-state index contributed by atoms with van der Waals surface area (Å²) in [4.78, 5) is 3.65. The van der Waals surface area contributed by atoms with Gasteiger partial charge in [0.05, 0.1) is 0 Å². The van der Waals surface area contributed by atoms with Gasteiger partial charge in [0.1, 0.15) is 12.2 Å². The fourth-order valence-electron chi connectivity index (χ4n) is 1.64. The van der Waals surface area contributed by atoms with Crippen molar-refractivity contribution < 1.29 is 17.9 Å². The van der Waals surface area contributed by atoms with Crippen molar-refractivity contribution in [2.75, 3.05) is 0 Å². The molecule has 0 atom stereocenters. The van der Waals surface area contributed by atoms with Crippen LogP contribution < -0.4 is 4.74 Å². The van der Waals surface area contributed by atoms with Gasteiger partial charge in [-0.15, -0.1) is 0 Å². The van der Waals surface area contributed by atoms with Crippen LogP contribution in [0.15, 0.2) is 42.6 Å². The first-order valence-corrected chi connectivity index (χ1v) is 6.68. The van der Waals surface area contributed by atoms with E-state index in [2.05, 4.69) is 4.98 Å². The molecule has 0 N–H and O–H groups in total. The molecule has 21 heavy (non-hydrogen) atoms. The van der Waals surface area contributed by atoms with Gasteiger partial charge in [-0.05, 0) is 30.2 Å². The normalized spacial score (nSPS) is 10.6. The molecule has 0 fully saturated rings. The third kappa shape index (κ3) is 4.77. The van der Waals surface area contributed by atoms with Crippen LogP contribution in [0.1, 0.15) is 30.5 Å². The smallest absolute Gasteiger partial charge is 0.421 e. The monoisotopic (exact) mass is 297 g/mol. The molecule has 2 aromatic rings. The van der Waals surface area contributed by atoms with Crippen LogP contribution in [-0.2, 0) is 12.8 Å². The minimum Gasteiger partial charge on any atom is -0.472 e. The Kier molecular flexibility index (Phi) is 6.21. The van der Waals surface area contributed by atoms with E-state index < -0.39 is 17.6 Å². The third-order valence-corrected chi connectivity index (χ3v) is 2.70. The predicted molar refractivity (Wildman–Crippen MR) is 76.1 cm³/mol. The Bertz CT molecular complexity index is 567. The molecule has 2 nitrogen and oxygen atoms in total. The van der Waals surface area contributed by atoms with Gasteiger partial charge in [-0.1, -0.05) is 38.1 Å². The topological polar surface area (TPSA) is 22.1 Å². The molecule has 0 aliphatic carbocycles. The maximum atomic E-state index is 12.7. The summed E-state index contributed by atoms with van der Waals surface area (Å²) in [5.74, 6) is -0.391. The van der Waals surface area contributed by atoms with Crippen molar-refractivity contribution in [2.45, 2.75) is 33.6 Å². The molecular weight excluding hydrogens is 279 g/mol. The zero-order chi connectivity index (χ0) is 15.9. The van der Waals surface area contributed by atoms with Crippen LogP contribution in [0.5, 0.6) is 5.88 Å². The summed E-state index contributed by atoms with van der Waals surface area (Å²) >= 11 is 0. The van der Waals surface area contributed by atoms with Gasteiger partial charge in [0, 0.05) is 6.20 Å². The van der Waals surface area contributed by atoms with Crippen molar-refractivity contribution in [3.63, 3.8) is 0 Å². The predicted octanol–water partition coefficient (Wildman–Crippen LogP) is 5.01. The van der Waals surface area contributed by atoms with Crippen molar-refractivity contribution in [3.05, 3.63) is 59.3 Å². The quantitative estimate of drug-likeness (QED) is 0.794. The molecule has 0 bridgehead atoms. The number of alkyl halides is 3. The third-order valence-electron chi connectivity index (χ3n) is 2.70. The lowest BCUT2D eigenvalue weighted by molar-refractivity contribution is -0.139. The molecule has 114 valence electrons. The van der Waals surface area contributed by atoms with Crippen LogP contribution in [0.4, 0.5) is 13.2 Å². The molecule has 1 heterocycles. The maximum absolute atomic E-state index is 12.7. The van der Waals surface area contributed by atoms with E-state index in [0.717, 1.165) is 17.2 Å². The Morgan fingerprint density at radius 3 is 2.33 bits per heavy atom. The zero-order valence-electron chi connectivity index (χ0n) is 12.2. The number of hydrogen-bond donors (Lipinski definition) is 0. The van der Waals surface area contributed by atoms with Crippen molar-refractivity contribution in [1.29, 1.82) is 0 Å². The second-order valence-electron chi connectivity index (χ2n) is 4.07. The van der Waals surface area contributed by atoms with Crippen LogP contribution in [0.3, 0.4) is 0 Å². The Morgan fingerprint density at radius 2 is 1.71 bits per heavy atom.